The van der Waals surface area contributed by atoms with Crippen LogP contribution in [0, 0.1) is 5.92 Å². The SMILES string of the molecule is CCOC(=O)c1nnncc1C[C@@H](C)CCC=C(C)C. The van der Waals surface area contributed by atoms with Gasteiger partial charge in [0.25, 0.3) is 0 Å². The molecule has 0 N–H and O–H groups in total. The fourth-order valence-corrected chi connectivity index (χ4v) is 1.95. The van der Waals surface area contributed by atoms with Crippen LogP contribution in [-0.4, -0.2) is 28.0 Å². The number of carbonyl (C=O) groups is 1. The predicted molar refractivity (Wildman–Crippen MR) is 77.3 cm³/mol. The lowest BCUT2D eigenvalue weighted by Crippen LogP contribution is -2.14. The number of aromatic nitrogens is 3. The number of hydrogen-bond donors (Lipinski definition) is 0. The van der Waals surface area contributed by atoms with Crippen LogP contribution in [0.25, 0.3) is 0 Å². The molecule has 0 aliphatic carbocycles. The first-order valence-corrected chi connectivity index (χ1v) is 7.02. The van der Waals surface area contributed by atoms with Crippen LogP contribution in [0.5, 0.6) is 0 Å². The molecule has 0 radical (unpaired) electrons. The first kappa shape index (κ1) is 16.3. The Balaban J connectivity index is 2.67. The van der Waals surface area contributed by atoms with Gasteiger partial charge in [-0.1, -0.05) is 18.6 Å². The van der Waals surface area contributed by atoms with Gasteiger partial charge in [0.15, 0.2) is 5.69 Å². The molecule has 0 spiro atoms. The van der Waals surface area contributed by atoms with Gasteiger partial charge in [0.2, 0.25) is 0 Å². The zero-order valence-corrected chi connectivity index (χ0v) is 12.7. The molecule has 1 atom stereocenters. The second kappa shape index (κ2) is 8.40. The van der Waals surface area contributed by atoms with Crippen molar-refractivity contribution in [2.75, 3.05) is 6.61 Å². The Morgan fingerprint density at radius 3 is 2.85 bits per heavy atom. The normalized spacial score (nSPS) is 11.8. The molecule has 0 unspecified atom stereocenters. The summed E-state index contributed by atoms with van der Waals surface area (Å²) in [6.45, 7) is 8.46. The molecular weight excluding hydrogens is 254 g/mol. The molecule has 110 valence electrons. The van der Waals surface area contributed by atoms with E-state index in [9.17, 15) is 4.79 Å². The van der Waals surface area contributed by atoms with Gasteiger partial charge in [0, 0.05) is 5.56 Å². The number of carbonyl (C=O) groups excluding carboxylic acids is 1. The number of rotatable bonds is 7. The monoisotopic (exact) mass is 277 g/mol. The minimum absolute atomic E-state index is 0.288. The van der Waals surface area contributed by atoms with Crippen molar-refractivity contribution in [1.82, 2.24) is 15.4 Å². The molecule has 0 bridgehead atoms. The largest absolute Gasteiger partial charge is 0.461 e. The number of nitrogens with zero attached hydrogens (tertiary/aromatic N) is 3. The summed E-state index contributed by atoms with van der Waals surface area (Å²) in [5.41, 5.74) is 2.43. The summed E-state index contributed by atoms with van der Waals surface area (Å²) in [4.78, 5) is 11.8. The topological polar surface area (TPSA) is 65.0 Å². The summed E-state index contributed by atoms with van der Waals surface area (Å²) in [6.07, 6.45) is 6.70. The third kappa shape index (κ3) is 5.47. The zero-order valence-electron chi connectivity index (χ0n) is 12.7. The van der Waals surface area contributed by atoms with Gasteiger partial charge in [-0.3, -0.25) is 0 Å². The van der Waals surface area contributed by atoms with Crippen molar-refractivity contribution in [2.24, 2.45) is 5.92 Å². The van der Waals surface area contributed by atoms with Crippen molar-refractivity contribution in [2.45, 2.75) is 47.0 Å². The van der Waals surface area contributed by atoms with E-state index in [2.05, 4.69) is 42.3 Å². The van der Waals surface area contributed by atoms with Gasteiger partial charge < -0.3 is 4.74 Å². The lowest BCUT2D eigenvalue weighted by Gasteiger charge is -2.11. The standard InChI is InChI=1S/C15H23N3O2/c1-5-20-15(19)14-13(10-16-18-17-14)9-12(4)8-6-7-11(2)3/h7,10,12H,5-6,8-9H2,1-4H3/t12-/m0/s1. The summed E-state index contributed by atoms with van der Waals surface area (Å²) >= 11 is 0. The van der Waals surface area contributed by atoms with Crippen molar-refractivity contribution in [1.29, 1.82) is 0 Å². The third-order valence-electron chi connectivity index (χ3n) is 2.96. The van der Waals surface area contributed by atoms with E-state index in [0.717, 1.165) is 24.8 Å². The van der Waals surface area contributed by atoms with Gasteiger partial charge in [-0.25, -0.2) is 4.79 Å². The predicted octanol–water partition coefficient (Wildman–Crippen LogP) is 2.97. The summed E-state index contributed by atoms with van der Waals surface area (Å²) in [5.74, 6) is 0.0266. The van der Waals surface area contributed by atoms with E-state index in [1.165, 1.54) is 5.57 Å². The first-order valence-electron chi connectivity index (χ1n) is 7.02. The smallest absolute Gasteiger partial charge is 0.359 e. The lowest BCUT2D eigenvalue weighted by molar-refractivity contribution is 0.0515. The average molecular weight is 277 g/mol. The molecular formula is C15H23N3O2. The average Bonchev–Trinajstić information content (AvgIpc) is 2.39. The summed E-state index contributed by atoms with van der Waals surface area (Å²) in [6, 6.07) is 0. The molecule has 0 aliphatic heterocycles. The second-order valence-electron chi connectivity index (χ2n) is 5.20. The van der Waals surface area contributed by atoms with Crippen molar-refractivity contribution in [3.8, 4) is 0 Å². The highest BCUT2D eigenvalue weighted by atomic mass is 16.5. The molecule has 0 saturated carbocycles. The second-order valence-corrected chi connectivity index (χ2v) is 5.20. The van der Waals surface area contributed by atoms with Gasteiger partial charge in [-0.2, -0.15) is 0 Å². The number of ether oxygens (including phenoxy) is 1. The lowest BCUT2D eigenvalue weighted by atomic mass is 9.96. The summed E-state index contributed by atoms with van der Waals surface area (Å²) < 4.78 is 4.98. The Morgan fingerprint density at radius 1 is 1.45 bits per heavy atom. The Morgan fingerprint density at radius 2 is 2.20 bits per heavy atom. The van der Waals surface area contributed by atoms with Crippen LogP contribution < -0.4 is 0 Å². The van der Waals surface area contributed by atoms with Gasteiger partial charge in [0.1, 0.15) is 0 Å². The minimum atomic E-state index is -0.422. The number of hydrogen-bond acceptors (Lipinski definition) is 5. The van der Waals surface area contributed by atoms with Crippen molar-refractivity contribution in [3.05, 3.63) is 29.1 Å². The molecule has 5 heteroatoms. The Labute approximate surface area is 120 Å². The molecule has 20 heavy (non-hydrogen) atoms. The maximum atomic E-state index is 11.8. The summed E-state index contributed by atoms with van der Waals surface area (Å²) in [5, 5.41) is 11.1. The van der Waals surface area contributed by atoms with E-state index in [1.54, 1.807) is 13.1 Å². The van der Waals surface area contributed by atoms with Crippen LogP contribution in [0.1, 0.15) is 56.6 Å². The van der Waals surface area contributed by atoms with Gasteiger partial charge >= 0.3 is 5.97 Å². The van der Waals surface area contributed by atoms with E-state index in [4.69, 9.17) is 4.74 Å². The van der Waals surface area contributed by atoms with E-state index in [1.807, 2.05) is 0 Å². The highest BCUT2D eigenvalue weighted by Gasteiger charge is 2.17. The Bertz CT molecular complexity index is 468. The van der Waals surface area contributed by atoms with Crippen molar-refractivity contribution >= 4 is 5.97 Å². The van der Waals surface area contributed by atoms with E-state index < -0.39 is 5.97 Å². The van der Waals surface area contributed by atoms with Crippen LogP contribution in [0.15, 0.2) is 17.8 Å². The van der Waals surface area contributed by atoms with Crippen molar-refractivity contribution in [3.63, 3.8) is 0 Å². The van der Waals surface area contributed by atoms with Crippen LogP contribution in [0.3, 0.4) is 0 Å². The molecule has 1 rings (SSSR count). The maximum absolute atomic E-state index is 11.8. The highest BCUT2D eigenvalue weighted by Crippen LogP contribution is 2.16. The number of allylic oxidation sites excluding steroid dienone is 2. The first-order chi connectivity index (χ1) is 9.54. The van der Waals surface area contributed by atoms with E-state index in [0.29, 0.717) is 12.5 Å². The maximum Gasteiger partial charge on any atom is 0.359 e. The fraction of sp³-hybridized carbons (Fsp3) is 0.600. The summed E-state index contributed by atoms with van der Waals surface area (Å²) in [7, 11) is 0. The molecule has 0 aliphatic rings. The minimum Gasteiger partial charge on any atom is -0.461 e. The van der Waals surface area contributed by atoms with E-state index >= 15 is 0 Å². The zero-order chi connectivity index (χ0) is 15.0. The Kier molecular flexibility index (Phi) is 6.84. The Hall–Kier alpha value is -1.78. The molecule has 0 amide bonds. The number of esters is 1. The van der Waals surface area contributed by atoms with Gasteiger partial charge in [0.05, 0.1) is 12.8 Å². The van der Waals surface area contributed by atoms with Gasteiger partial charge in [-0.15, -0.1) is 10.2 Å². The molecule has 5 nitrogen and oxygen atoms in total. The molecule has 1 aromatic rings. The molecule has 0 fully saturated rings. The molecule has 1 heterocycles. The van der Waals surface area contributed by atoms with Crippen LogP contribution in [-0.2, 0) is 11.2 Å². The molecule has 0 aromatic carbocycles. The molecule has 1 aromatic heterocycles. The quantitative estimate of drug-likeness (QED) is 0.566. The van der Waals surface area contributed by atoms with Gasteiger partial charge in [-0.05, 0) is 51.2 Å². The van der Waals surface area contributed by atoms with Crippen LogP contribution in [0.4, 0.5) is 0 Å². The van der Waals surface area contributed by atoms with Crippen LogP contribution >= 0.6 is 0 Å². The fourth-order valence-electron chi connectivity index (χ4n) is 1.95. The van der Waals surface area contributed by atoms with Crippen molar-refractivity contribution < 1.29 is 9.53 Å². The molecule has 0 saturated heterocycles. The third-order valence-corrected chi connectivity index (χ3v) is 2.96. The highest BCUT2D eigenvalue weighted by molar-refractivity contribution is 5.88. The van der Waals surface area contributed by atoms with Crippen LogP contribution in [0.2, 0.25) is 0 Å². The van der Waals surface area contributed by atoms with E-state index in [-0.39, 0.29) is 5.69 Å².